The lowest BCUT2D eigenvalue weighted by Crippen LogP contribution is -1.88. The van der Waals surface area contributed by atoms with Crippen LogP contribution in [-0.2, 0) is 0 Å². The zero-order chi connectivity index (χ0) is 13.8. The molecule has 0 bridgehead atoms. The van der Waals surface area contributed by atoms with E-state index in [2.05, 4.69) is 0 Å². The van der Waals surface area contributed by atoms with E-state index in [4.69, 9.17) is 4.74 Å². The maximum atomic E-state index is 9.81. The van der Waals surface area contributed by atoms with Gasteiger partial charge >= 0.3 is 0 Å². The van der Waals surface area contributed by atoms with E-state index in [0.717, 1.165) is 16.9 Å². The SMILES string of the molecule is Oc1ccccc1Oc1ccccc1-c1ccccc1. The monoisotopic (exact) mass is 262 g/mol. The molecular weight excluding hydrogens is 248 g/mol. The molecule has 2 heteroatoms. The molecule has 1 N–H and O–H groups in total. The van der Waals surface area contributed by atoms with Crippen molar-refractivity contribution in [3.8, 4) is 28.4 Å². The van der Waals surface area contributed by atoms with Crippen molar-refractivity contribution in [3.05, 3.63) is 78.9 Å². The second kappa shape index (κ2) is 5.49. The van der Waals surface area contributed by atoms with Crippen LogP contribution in [0.5, 0.6) is 17.2 Å². The maximum absolute atomic E-state index is 9.81. The van der Waals surface area contributed by atoms with Gasteiger partial charge in [0.05, 0.1) is 0 Å². The molecule has 0 aliphatic heterocycles. The van der Waals surface area contributed by atoms with Gasteiger partial charge in [0.15, 0.2) is 11.5 Å². The van der Waals surface area contributed by atoms with Crippen LogP contribution in [0.4, 0.5) is 0 Å². The van der Waals surface area contributed by atoms with Crippen LogP contribution >= 0.6 is 0 Å². The Kier molecular flexibility index (Phi) is 3.38. The van der Waals surface area contributed by atoms with Crippen molar-refractivity contribution in [1.29, 1.82) is 0 Å². The van der Waals surface area contributed by atoms with Gasteiger partial charge in [-0.05, 0) is 23.8 Å². The Morgan fingerprint density at radius 1 is 0.600 bits per heavy atom. The van der Waals surface area contributed by atoms with E-state index in [0.29, 0.717) is 5.75 Å². The lowest BCUT2D eigenvalue weighted by molar-refractivity contribution is 0.412. The molecule has 2 nitrogen and oxygen atoms in total. The normalized spacial score (nSPS) is 10.2. The maximum Gasteiger partial charge on any atom is 0.169 e. The molecule has 0 atom stereocenters. The number of hydrogen-bond acceptors (Lipinski definition) is 2. The van der Waals surface area contributed by atoms with Gasteiger partial charge in [0.25, 0.3) is 0 Å². The van der Waals surface area contributed by atoms with Gasteiger partial charge in [0, 0.05) is 5.56 Å². The fourth-order valence-electron chi connectivity index (χ4n) is 2.07. The van der Waals surface area contributed by atoms with Gasteiger partial charge in [-0.15, -0.1) is 0 Å². The number of aromatic hydroxyl groups is 1. The highest BCUT2D eigenvalue weighted by Crippen LogP contribution is 2.36. The number of phenolic OH excluding ortho intramolecular Hbond substituents is 1. The van der Waals surface area contributed by atoms with Crippen LogP contribution in [0.15, 0.2) is 78.9 Å². The minimum atomic E-state index is 0.135. The minimum absolute atomic E-state index is 0.135. The summed E-state index contributed by atoms with van der Waals surface area (Å²) in [7, 11) is 0. The minimum Gasteiger partial charge on any atom is -0.504 e. The molecular formula is C18H14O2. The summed E-state index contributed by atoms with van der Waals surface area (Å²) >= 11 is 0. The number of hydrogen-bond donors (Lipinski definition) is 1. The van der Waals surface area contributed by atoms with Crippen molar-refractivity contribution in [3.63, 3.8) is 0 Å². The Hall–Kier alpha value is -2.74. The molecule has 0 radical (unpaired) electrons. The summed E-state index contributed by atoms with van der Waals surface area (Å²) in [6.45, 7) is 0. The zero-order valence-electron chi connectivity index (χ0n) is 10.9. The molecule has 98 valence electrons. The first-order chi connectivity index (χ1) is 9.84. The van der Waals surface area contributed by atoms with Crippen LogP contribution in [0.2, 0.25) is 0 Å². The summed E-state index contributed by atoms with van der Waals surface area (Å²) in [4.78, 5) is 0. The smallest absolute Gasteiger partial charge is 0.169 e. The van der Waals surface area contributed by atoms with Gasteiger partial charge in [-0.2, -0.15) is 0 Å². The van der Waals surface area contributed by atoms with Gasteiger partial charge in [-0.1, -0.05) is 60.7 Å². The highest BCUT2D eigenvalue weighted by atomic mass is 16.5. The molecule has 0 aromatic heterocycles. The Labute approximate surface area is 117 Å². The largest absolute Gasteiger partial charge is 0.504 e. The van der Waals surface area contributed by atoms with Crippen LogP contribution in [-0.4, -0.2) is 5.11 Å². The van der Waals surface area contributed by atoms with E-state index < -0.39 is 0 Å². The highest BCUT2D eigenvalue weighted by Gasteiger charge is 2.08. The molecule has 0 aliphatic carbocycles. The quantitative estimate of drug-likeness (QED) is 0.731. The van der Waals surface area contributed by atoms with Gasteiger partial charge < -0.3 is 9.84 Å². The third kappa shape index (κ3) is 2.50. The summed E-state index contributed by atoms with van der Waals surface area (Å²) in [5.74, 6) is 1.31. The molecule has 0 fully saturated rings. The van der Waals surface area contributed by atoms with Crippen molar-refractivity contribution in [2.45, 2.75) is 0 Å². The summed E-state index contributed by atoms with van der Waals surface area (Å²) < 4.78 is 5.84. The van der Waals surface area contributed by atoms with Gasteiger partial charge in [0.2, 0.25) is 0 Å². The lowest BCUT2D eigenvalue weighted by atomic mass is 10.0. The van der Waals surface area contributed by atoms with Crippen LogP contribution in [0.1, 0.15) is 0 Å². The molecule has 20 heavy (non-hydrogen) atoms. The number of ether oxygens (including phenoxy) is 1. The van der Waals surface area contributed by atoms with Crippen LogP contribution in [0, 0.1) is 0 Å². The van der Waals surface area contributed by atoms with Crippen molar-refractivity contribution < 1.29 is 9.84 Å². The van der Waals surface area contributed by atoms with E-state index in [9.17, 15) is 5.11 Å². The number of rotatable bonds is 3. The molecule has 0 amide bonds. The number of phenols is 1. The Balaban J connectivity index is 2.01. The molecule has 0 heterocycles. The highest BCUT2D eigenvalue weighted by molar-refractivity contribution is 5.70. The van der Waals surface area contributed by atoms with Crippen LogP contribution in [0.25, 0.3) is 11.1 Å². The summed E-state index contributed by atoms with van der Waals surface area (Å²) in [5.41, 5.74) is 2.08. The fourth-order valence-corrected chi connectivity index (χ4v) is 2.07. The molecule has 0 saturated carbocycles. The van der Waals surface area contributed by atoms with E-state index in [1.807, 2.05) is 60.7 Å². The molecule has 0 unspecified atom stereocenters. The topological polar surface area (TPSA) is 29.5 Å². The van der Waals surface area contributed by atoms with E-state index in [1.165, 1.54) is 0 Å². The second-order valence-electron chi connectivity index (χ2n) is 4.43. The number of para-hydroxylation sites is 3. The zero-order valence-corrected chi connectivity index (χ0v) is 10.9. The average Bonchev–Trinajstić information content (AvgIpc) is 2.51. The molecule has 3 aromatic carbocycles. The van der Waals surface area contributed by atoms with E-state index in [-0.39, 0.29) is 5.75 Å². The molecule has 3 aromatic rings. The Morgan fingerprint density at radius 2 is 1.20 bits per heavy atom. The summed E-state index contributed by atoms with van der Waals surface area (Å²) in [5, 5.41) is 9.81. The van der Waals surface area contributed by atoms with Crippen molar-refractivity contribution in [1.82, 2.24) is 0 Å². The first-order valence-electron chi connectivity index (χ1n) is 6.45. The summed E-state index contributed by atoms with van der Waals surface area (Å²) in [6.07, 6.45) is 0. The molecule has 0 aliphatic rings. The third-order valence-corrected chi connectivity index (χ3v) is 3.06. The third-order valence-electron chi connectivity index (χ3n) is 3.06. The summed E-state index contributed by atoms with van der Waals surface area (Å²) in [6, 6.07) is 24.8. The first-order valence-corrected chi connectivity index (χ1v) is 6.45. The Bertz CT molecular complexity index is 705. The number of benzene rings is 3. The Morgan fingerprint density at radius 3 is 1.95 bits per heavy atom. The second-order valence-corrected chi connectivity index (χ2v) is 4.43. The van der Waals surface area contributed by atoms with Gasteiger partial charge in [-0.25, -0.2) is 0 Å². The standard InChI is InChI=1S/C18H14O2/c19-16-11-5-7-13-18(16)20-17-12-6-4-10-15(17)14-8-2-1-3-9-14/h1-13,19H. The van der Waals surface area contributed by atoms with Gasteiger partial charge in [0.1, 0.15) is 5.75 Å². The fraction of sp³-hybridized carbons (Fsp3) is 0. The van der Waals surface area contributed by atoms with Gasteiger partial charge in [-0.3, -0.25) is 0 Å². The van der Waals surface area contributed by atoms with E-state index >= 15 is 0 Å². The van der Waals surface area contributed by atoms with Crippen LogP contribution < -0.4 is 4.74 Å². The van der Waals surface area contributed by atoms with Crippen molar-refractivity contribution >= 4 is 0 Å². The lowest BCUT2D eigenvalue weighted by Gasteiger charge is -2.12. The predicted molar refractivity (Wildman–Crippen MR) is 80.1 cm³/mol. The van der Waals surface area contributed by atoms with Crippen LogP contribution in [0.3, 0.4) is 0 Å². The van der Waals surface area contributed by atoms with Crippen molar-refractivity contribution in [2.24, 2.45) is 0 Å². The molecule has 3 rings (SSSR count). The molecule has 0 saturated heterocycles. The van der Waals surface area contributed by atoms with E-state index in [1.54, 1.807) is 18.2 Å². The molecule has 0 spiro atoms. The predicted octanol–water partition coefficient (Wildman–Crippen LogP) is 4.85. The van der Waals surface area contributed by atoms with Crippen molar-refractivity contribution in [2.75, 3.05) is 0 Å². The average molecular weight is 262 g/mol. The first kappa shape index (κ1) is 12.3.